The minimum absolute atomic E-state index is 0. The molecule has 1 N–H and O–H groups in total. The third-order valence-electron chi connectivity index (χ3n) is 4.58. The zero-order chi connectivity index (χ0) is 16.7. The van der Waals surface area contributed by atoms with Crippen LogP contribution in [-0.4, -0.2) is 74.7 Å². The molecule has 7 heteroatoms. The Balaban J connectivity index is 0.00000288. The lowest BCUT2D eigenvalue weighted by Crippen LogP contribution is -2.49. The molecule has 0 radical (unpaired) electrons. The van der Waals surface area contributed by atoms with Crippen LogP contribution in [0, 0.1) is 5.92 Å². The fourth-order valence-electron chi connectivity index (χ4n) is 3.11. The van der Waals surface area contributed by atoms with Crippen LogP contribution >= 0.6 is 24.0 Å². The van der Waals surface area contributed by atoms with Gasteiger partial charge in [-0.3, -0.25) is 4.79 Å². The number of amides is 1. The van der Waals surface area contributed by atoms with Crippen molar-refractivity contribution in [1.29, 1.82) is 0 Å². The molecule has 140 valence electrons. The number of ether oxygens (including phenoxy) is 1. The second kappa shape index (κ2) is 11.1. The van der Waals surface area contributed by atoms with Gasteiger partial charge in [-0.15, -0.1) is 24.0 Å². The summed E-state index contributed by atoms with van der Waals surface area (Å²) in [5.74, 6) is 1.57. The lowest BCUT2D eigenvalue weighted by atomic mass is 10.0. The number of carbonyl (C=O) groups is 1. The first-order chi connectivity index (χ1) is 11.1. The maximum Gasteiger partial charge on any atom is 0.243 e. The van der Waals surface area contributed by atoms with Crippen molar-refractivity contribution < 1.29 is 9.53 Å². The van der Waals surface area contributed by atoms with Gasteiger partial charge in [-0.2, -0.15) is 0 Å². The summed E-state index contributed by atoms with van der Waals surface area (Å²) in [4.78, 5) is 20.3. The molecule has 2 atom stereocenters. The van der Waals surface area contributed by atoms with Gasteiger partial charge in [0.25, 0.3) is 0 Å². The number of hydrogen-bond donors (Lipinski definition) is 1. The van der Waals surface area contributed by atoms with E-state index in [0.717, 1.165) is 38.6 Å². The second-order valence-electron chi connectivity index (χ2n) is 6.99. The van der Waals surface area contributed by atoms with Crippen LogP contribution in [0.25, 0.3) is 0 Å². The zero-order valence-electron chi connectivity index (χ0n) is 15.3. The van der Waals surface area contributed by atoms with E-state index in [0.29, 0.717) is 5.92 Å². The molecule has 0 aromatic rings. The molecule has 2 saturated heterocycles. The highest BCUT2D eigenvalue weighted by atomic mass is 127. The first kappa shape index (κ1) is 21.5. The molecular formula is C17H33IN4O2. The Hall–Kier alpha value is -0.570. The van der Waals surface area contributed by atoms with E-state index in [1.165, 1.54) is 25.7 Å². The van der Waals surface area contributed by atoms with Gasteiger partial charge in [0.2, 0.25) is 5.91 Å². The van der Waals surface area contributed by atoms with Gasteiger partial charge in [-0.1, -0.05) is 6.92 Å². The molecule has 2 aliphatic heterocycles. The average molecular weight is 452 g/mol. The second-order valence-corrected chi connectivity index (χ2v) is 6.99. The molecule has 2 unspecified atom stereocenters. The number of piperidine rings is 1. The smallest absolute Gasteiger partial charge is 0.243 e. The van der Waals surface area contributed by atoms with Crippen molar-refractivity contribution in [3.8, 4) is 0 Å². The summed E-state index contributed by atoms with van der Waals surface area (Å²) < 4.78 is 5.79. The number of likely N-dealkylation sites (tertiary alicyclic amines) is 1. The van der Waals surface area contributed by atoms with Crippen molar-refractivity contribution in [2.45, 2.75) is 45.1 Å². The largest absolute Gasteiger partial charge is 0.376 e. The maximum atomic E-state index is 11.8. The van der Waals surface area contributed by atoms with Crippen molar-refractivity contribution in [1.82, 2.24) is 15.1 Å². The number of guanidine groups is 1. The van der Waals surface area contributed by atoms with Crippen molar-refractivity contribution in [3.63, 3.8) is 0 Å². The van der Waals surface area contributed by atoms with Gasteiger partial charge in [0, 0.05) is 40.3 Å². The molecular weight excluding hydrogens is 419 g/mol. The lowest BCUT2D eigenvalue weighted by molar-refractivity contribution is -0.127. The van der Waals surface area contributed by atoms with Gasteiger partial charge < -0.3 is 19.9 Å². The van der Waals surface area contributed by atoms with Crippen molar-refractivity contribution in [2.75, 3.05) is 46.9 Å². The molecule has 0 spiro atoms. The summed E-state index contributed by atoms with van der Waals surface area (Å²) in [7, 11) is 3.54. The number of nitrogens with one attached hydrogen (secondary N) is 1. The number of aliphatic imine (C=N–C) groups is 1. The molecule has 0 aromatic heterocycles. The normalized spacial score (nSPS) is 25.0. The monoisotopic (exact) mass is 452 g/mol. The highest BCUT2D eigenvalue weighted by Gasteiger charge is 2.21. The van der Waals surface area contributed by atoms with E-state index >= 15 is 0 Å². The van der Waals surface area contributed by atoms with Crippen LogP contribution < -0.4 is 5.32 Å². The first-order valence-electron chi connectivity index (χ1n) is 8.91. The van der Waals surface area contributed by atoms with Crippen LogP contribution in [0.5, 0.6) is 0 Å². The zero-order valence-corrected chi connectivity index (χ0v) is 17.6. The molecule has 0 bridgehead atoms. The SMILES string of the molecule is CC1CCCN(C(=NCC(=O)N(C)C)NCC2CCCCO2)C1.I. The molecule has 0 aromatic carbocycles. The number of rotatable bonds is 4. The Morgan fingerprint density at radius 1 is 1.29 bits per heavy atom. The minimum atomic E-state index is 0. The van der Waals surface area contributed by atoms with E-state index in [1.807, 2.05) is 0 Å². The van der Waals surface area contributed by atoms with Crippen LogP contribution in [0.4, 0.5) is 0 Å². The fourth-order valence-corrected chi connectivity index (χ4v) is 3.11. The number of hydrogen-bond acceptors (Lipinski definition) is 3. The number of nitrogens with zero attached hydrogens (tertiary/aromatic N) is 3. The molecule has 2 rings (SSSR count). The fraction of sp³-hybridized carbons (Fsp3) is 0.882. The molecule has 6 nitrogen and oxygen atoms in total. The van der Waals surface area contributed by atoms with E-state index < -0.39 is 0 Å². The van der Waals surface area contributed by atoms with Crippen molar-refractivity contribution >= 4 is 35.8 Å². The molecule has 0 saturated carbocycles. The van der Waals surface area contributed by atoms with Gasteiger partial charge in [-0.05, 0) is 38.0 Å². The van der Waals surface area contributed by atoms with Gasteiger partial charge >= 0.3 is 0 Å². The lowest BCUT2D eigenvalue weighted by Gasteiger charge is -2.34. The van der Waals surface area contributed by atoms with Crippen LogP contribution in [0.2, 0.25) is 0 Å². The Morgan fingerprint density at radius 2 is 2.08 bits per heavy atom. The van der Waals surface area contributed by atoms with Crippen molar-refractivity contribution in [3.05, 3.63) is 0 Å². The Labute approximate surface area is 163 Å². The van der Waals surface area contributed by atoms with E-state index in [-0.39, 0.29) is 42.5 Å². The summed E-state index contributed by atoms with van der Waals surface area (Å²) in [6, 6.07) is 0. The standard InChI is InChI=1S/C17H32N4O2.HI/c1-14-7-6-9-21(13-14)17(19-12-16(22)20(2)3)18-11-15-8-4-5-10-23-15;/h14-15H,4-13H2,1-3H3,(H,18,19);1H. The number of likely N-dealkylation sites (N-methyl/N-ethyl adjacent to an activating group) is 1. The first-order valence-corrected chi connectivity index (χ1v) is 8.91. The predicted molar refractivity (Wildman–Crippen MR) is 108 cm³/mol. The van der Waals surface area contributed by atoms with Gasteiger partial charge in [0.15, 0.2) is 5.96 Å². The van der Waals surface area contributed by atoms with Crippen molar-refractivity contribution in [2.24, 2.45) is 10.9 Å². The molecule has 1 amide bonds. The highest BCUT2D eigenvalue weighted by molar-refractivity contribution is 14.0. The van der Waals surface area contributed by atoms with Crippen LogP contribution in [-0.2, 0) is 9.53 Å². The topological polar surface area (TPSA) is 57.2 Å². The summed E-state index contributed by atoms with van der Waals surface area (Å²) in [6.07, 6.45) is 6.22. The van der Waals surface area contributed by atoms with Gasteiger partial charge in [0.05, 0.1) is 6.10 Å². The van der Waals surface area contributed by atoms with Crippen LogP contribution in [0.3, 0.4) is 0 Å². The maximum absolute atomic E-state index is 11.8. The van der Waals surface area contributed by atoms with Gasteiger partial charge in [0.1, 0.15) is 6.54 Å². The third-order valence-corrected chi connectivity index (χ3v) is 4.58. The number of halogens is 1. The Bertz CT molecular complexity index is 411. The molecule has 24 heavy (non-hydrogen) atoms. The van der Waals surface area contributed by atoms with Gasteiger partial charge in [-0.25, -0.2) is 4.99 Å². The van der Waals surface area contributed by atoms with E-state index in [4.69, 9.17) is 4.74 Å². The van der Waals surface area contributed by atoms with Crippen LogP contribution in [0.1, 0.15) is 39.0 Å². The summed E-state index contributed by atoms with van der Waals surface area (Å²) in [6.45, 7) is 6.13. The quantitative estimate of drug-likeness (QED) is 0.403. The minimum Gasteiger partial charge on any atom is -0.376 e. The Kier molecular flexibility index (Phi) is 9.95. The Morgan fingerprint density at radius 3 is 2.71 bits per heavy atom. The molecule has 0 aliphatic carbocycles. The molecule has 2 fully saturated rings. The van der Waals surface area contributed by atoms with E-state index in [1.54, 1.807) is 19.0 Å². The molecule has 2 heterocycles. The van der Waals surface area contributed by atoms with E-state index in [9.17, 15) is 4.79 Å². The summed E-state index contributed by atoms with van der Waals surface area (Å²) in [5.41, 5.74) is 0. The van der Waals surface area contributed by atoms with E-state index in [2.05, 4.69) is 22.1 Å². The van der Waals surface area contributed by atoms with Crippen LogP contribution in [0.15, 0.2) is 4.99 Å². The third kappa shape index (κ3) is 7.13. The highest BCUT2D eigenvalue weighted by Crippen LogP contribution is 2.16. The number of carbonyl (C=O) groups excluding carboxylic acids is 1. The molecule has 2 aliphatic rings. The predicted octanol–water partition coefficient (Wildman–Crippen LogP) is 1.94. The average Bonchev–Trinajstić information content (AvgIpc) is 2.55. The summed E-state index contributed by atoms with van der Waals surface area (Å²) in [5, 5.41) is 3.45. The summed E-state index contributed by atoms with van der Waals surface area (Å²) >= 11 is 0.